The van der Waals surface area contributed by atoms with Gasteiger partial charge in [0.1, 0.15) is 5.60 Å². The first-order valence-electron chi connectivity index (χ1n) is 12.9. The molecular weight excluding hydrogens is 430 g/mol. The third-order valence-corrected chi connectivity index (χ3v) is 8.17. The molecule has 4 saturated heterocycles. The smallest absolute Gasteiger partial charge is 0.407 e. The second-order valence-electron chi connectivity index (χ2n) is 11.4. The topological polar surface area (TPSA) is 79.0 Å². The number of hydrogen-bond acceptors (Lipinski definition) is 4. The molecule has 0 saturated carbocycles. The van der Waals surface area contributed by atoms with Crippen LogP contribution in [-0.4, -0.2) is 64.0 Å². The van der Waals surface area contributed by atoms with Crippen LogP contribution in [0.3, 0.4) is 0 Å². The Labute approximate surface area is 202 Å². The molecule has 4 fully saturated rings. The molecule has 0 aliphatic carbocycles. The Bertz CT molecular complexity index is 923. The van der Waals surface area contributed by atoms with Gasteiger partial charge in [-0.15, -0.1) is 0 Å². The van der Waals surface area contributed by atoms with Crippen LogP contribution in [0.1, 0.15) is 77.2 Å². The number of rotatable bonds is 5. The SMILES string of the molecule is CC(C)(C)OC(=O)NC[C@@H](C(=O)N1C2CCC1C(C(=O)N1C3CCC1CC3)C2)c1ccccc1. The zero-order valence-electron chi connectivity index (χ0n) is 20.5. The van der Waals surface area contributed by atoms with Crippen molar-refractivity contribution in [2.24, 2.45) is 5.92 Å². The van der Waals surface area contributed by atoms with Gasteiger partial charge in [0.15, 0.2) is 0 Å². The lowest BCUT2D eigenvalue weighted by Crippen LogP contribution is -2.47. The molecule has 4 atom stereocenters. The average molecular weight is 468 g/mol. The van der Waals surface area contributed by atoms with Crippen molar-refractivity contribution in [3.05, 3.63) is 35.9 Å². The van der Waals surface area contributed by atoms with E-state index in [1.165, 1.54) is 0 Å². The van der Waals surface area contributed by atoms with Crippen molar-refractivity contribution >= 4 is 17.9 Å². The Kier molecular flexibility index (Phi) is 6.07. The zero-order chi connectivity index (χ0) is 24.0. The number of carbonyl (C=O) groups is 3. The molecule has 7 heteroatoms. The molecule has 4 aliphatic heterocycles. The van der Waals surface area contributed by atoms with Gasteiger partial charge in [0.2, 0.25) is 11.8 Å². The van der Waals surface area contributed by atoms with Crippen LogP contribution < -0.4 is 5.32 Å². The van der Waals surface area contributed by atoms with E-state index in [0.29, 0.717) is 12.1 Å². The van der Waals surface area contributed by atoms with Gasteiger partial charge in [0.05, 0.1) is 11.8 Å². The first kappa shape index (κ1) is 23.2. The molecule has 1 N–H and O–H groups in total. The molecule has 34 heavy (non-hydrogen) atoms. The van der Waals surface area contributed by atoms with Gasteiger partial charge >= 0.3 is 6.09 Å². The number of carbonyl (C=O) groups excluding carboxylic acids is 3. The Balaban J connectivity index is 1.32. The van der Waals surface area contributed by atoms with Gasteiger partial charge in [-0.3, -0.25) is 9.59 Å². The standard InChI is InChI=1S/C27H37N3O4/c1-27(2,3)34-26(33)28-16-22(17-7-5-4-6-8-17)25(32)30-20-13-14-23(30)21(15-20)24(31)29-18-9-10-19(29)12-11-18/h4-8,18-23H,9-16H2,1-3H3,(H,28,33)/t18?,19?,20?,21?,22-,23?/m1/s1. The molecule has 3 unspecified atom stereocenters. The fourth-order valence-electron chi connectivity index (χ4n) is 6.77. The number of hydrogen-bond donors (Lipinski definition) is 1. The molecule has 7 nitrogen and oxygen atoms in total. The van der Waals surface area contributed by atoms with Crippen molar-refractivity contribution in [2.75, 3.05) is 6.54 Å². The molecule has 3 amide bonds. The maximum absolute atomic E-state index is 13.9. The highest BCUT2D eigenvalue weighted by Gasteiger charge is 2.55. The molecule has 0 aromatic heterocycles. The van der Waals surface area contributed by atoms with Gasteiger partial charge in [-0.1, -0.05) is 30.3 Å². The number of nitrogens with one attached hydrogen (secondary N) is 1. The normalized spacial score (nSPS) is 30.5. The summed E-state index contributed by atoms with van der Waals surface area (Å²) in [4.78, 5) is 44.0. The van der Waals surface area contributed by atoms with Crippen molar-refractivity contribution in [1.82, 2.24) is 15.1 Å². The number of fused-ring (bicyclic) bond motifs is 4. The van der Waals surface area contributed by atoms with E-state index in [2.05, 4.69) is 10.2 Å². The number of amides is 3. The molecule has 1 aromatic carbocycles. The average Bonchev–Trinajstić information content (AvgIpc) is 3.58. The maximum Gasteiger partial charge on any atom is 0.407 e. The minimum atomic E-state index is -0.604. The predicted molar refractivity (Wildman–Crippen MR) is 128 cm³/mol. The first-order chi connectivity index (χ1) is 16.2. The van der Waals surface area contributed by atoms with E-state index in [0.717, 1.165) is 50.5 Å². The monoisotopic (exact) mass is 467 g/mol. The lowest BCUT2D eigenvalue weighted by Gasteiger charge is -2.31. The molecule has 4 aliphatic rings. The van der Waals surface area contributed by atoms with Gasteiger partial charge in [-0.05, 0) is 71.3 Å². The Hall–Kier alpha value is -2.57. The summed E-state index contributed by atoms with van der Waals surface area (Å²) in [6, 6.07) is 10.5. The summed E-state index contributed by atoms with van der Waals surface area (Å²) in [6.07, 6.45) is 6.61. The molecule has 4 heterocycles. The highest BCUT2D eigenvalue weighted by molar-refractivity contribution is 5.88. The first-order valence-corrected chi connectivity index (χ1v) is 12.9. The molecule has 0 radical (unpaired) electrons. The van der Waals surface area contributed by atoms with Crippen molar-refractivity contribution in [3.63, 3.8) is 0 Å². The largest absolute Gasteiger partial charge is 0.444 e. The van der Waals surface area contributed by atoms with Gasteiger partial charge in [0.25, 0.3) is 0 Å². The summed E-state index contributed by atoms with van der Waals surface area (Å²) in [5.74, 6) is -0.305. The summed E-state index contributed by atoms with van der Waals surface area (Å²) in [7, 11) is 0. The van der Waals surface area contributed by atoms with E-state index in [1.807, 2.05) is 56.0 Å². The predicted octanol–water partition coefficient (Wildman–Crippen LogP) is 3.83. The van der Waals surface area contributed by atoms with Crippen molar-refractivity contribution < 1.29 is 19.1 Å². The third kappa shape index (κ3) is 4.29. The fourth-order valence-corrected chi connectivity index (χ4v) is 6.77. The van der Waals surface area contributed by atoms with E-state index in [1.54, 1.807) is 0 Å². The van der Waals surface area contributed by atoms with E-state index in [9.17, 15) is 14.4 Å². The van der Waals surface area contributed by atoms with Crippen LogP contribution >= 0.6 is 0 Å². The summed E-state index contributed by atoms with van der Waals surface area (Å²) in [6.45, 7) is 5.62. The molecule has 4 bridgehead atoms. The highest BCUT2D eigenvalue weighted by Crippen LogP contribution is 2.47. The lowest BCUT2D eigenvalue weighted by molar-refractivity contribution is -0.139. The number of benzene rings is 1. The van der Waals surface area contributed by atoms with Gasteiger partial charge in [-0.2, -0.15) is 0 Å². The minimum Gasteiger partial charge on any atom is -0.444 e. The number of ether oxygens (including phenoxy) is 1. The Morgan fingerprint density at radius 3 is 2.18 bits per heavy atom. The van der Waals surface area contributed by atoms with E-state index in [4.69, 9.17) is 4.74 Å². The van der Waals surface area contributed by atoms with Crippen LogP contribution in [-0.2, 0) is 14.3 Å². The fraction of sp³-hybridized carbons (Fsp3) is 0.667. The third-order valence-electron chi connectivity index (χ3n) is 8.17. The van der Waals surface area contributed by atoms with Gasteiger partial charge < -0.3 is 19.9 Å². The van der Waals surface area contributed by atoms with Gasteiger partial charge in [-0.25, -0.2) is 4.79 Å². The van der Waals surface area contributed by atoms with Crippen molar-refractivity contribution in [1.29, 1.82) is 0 Å². The summed E-state index contributed by atoms with van der Waals surface area (Å²) in [5, 5.41) is 2.81. The molecule has 5 rings (SSSR count). The Morgan fingerprint density at radius 1 is 0.941 bits per heavy atom. The quantitative estimate of drug-likeness (QED) is 0.714. The second kappa shape index (κ2) is 8.90. The molecule has 0 spiro atoms. The Morgan fingerprint density at radius 2 is 1.56 bits per heavy atom. The van der Waals surface area contributed by atoms with Crippen LogP contribution in [0.5, 0.6) is 0 Å². The number of nitrogens with zero attached hydrogens (tertiary/aromatic N) is 2. The highest BCUT2D eigenvalue weighted by atomic mass is 16.6. The van der Waals surface area contributed by atoms with Gasteiger partial charge in [0, 0.05) is 30.7 Å². The van der Waals surface area contributed by atoms with Crippen molar-refractivity contribution in [3.8, 4) is 0 Å². The van der Waals surface area contributed by atoms with Crippen molar-refractivity contribution in [2.45, 2.75) is 101 Å². The number of alkyl carbamates (subject to hydrolysis) is 1. The van der Waals surface area contributed by atoms with E-state index >= 15 is 0 Å². The zero-order valence-corrected chi connectivity index (χ0v) is 20.5. The molecule has 1 aromatic rings. The van der Waals surface area contributed by atoms with Crippen LogP contribution in [0, 0.1) is 5.92 Å². The molecular formula is C27H37N3O4. The lowest BCUT2D eigenvalue weighted by atomic mass is 9.88. The van der Waals surface area contributed by atoms with Crippen LogP contribution in [0.4, 0.5) is 4.79 Å². The second-order valence-corrected chi connectivity index (χ2v) is 11.4. The summed E-state index contributed by atoms with van der Waals surface area (Å²) in [5.41, 5.74) is 0.266. The van der Waals surface area contributed by atoms with Crippen LogP contribution in [0.25, 0.3) is 0 Å². The summed E-state index contributed by atoms with van der Waals surface area (Å²) >= 11 is 0. The summed E-state index contributed by atoms with van der Waals surface area (Å²) < 4.78 is 5.39. The van der Waals surface area contributed by atoms with E-state index < -0.39 is 17.6 Å². The maximum atomic E-state index is 13.9. The van der Waals surface area contributed by atoms with E-state index in [-0.39, 0.29) is 36.4 Å². The van der Waals surface area contributed by atoms with Crippen LogP contribution in [0.15, 0.2) is 30.3 Å². The molecule has 184 valence electrons. The van der Waals surface area contributed by atoms with Crippen LogP contribution in [0.2, 0.25) is 0 Å². The minimum absolute atomic E-state index is 0.00875.